The van der Waals surface area contributed by atoms with Gasteiger partial charge in [-0.3, -0.25) is 0 Å². The van der Waals surface area contributed by atoms with Gasteiger partial charge in [0, 0.05) is 23.2 Å². The first-order valence-corrected chi connectivity index (χ1v) is 22.4. The monoisotopic (exact) mass is 770 g/mol. The second kappa shape index (κ2) is 22.5. The van der Waals surface area contributed by atoms with Crippen LogP contribution in [-0.4, -0.2) is 12.6 Å². The van der Waals surface area contributed by atoms with Crippen LogP contribution in [-0.2, 0) is 21.9 Å². The molecule has 0 bridgehead atoms. The predicted octanol–water partition coefficient (Wildman–Crippen LogP) is 12.0. The van der Waals surface area contributed by atoms with E-state index in [-0.39, 0.29) is 11.5 Å². The van der Waals surface area contributed by atoms with Crippen molar-refractivity contribution in [3.05, 3.63) is 70.2 Å². The van der Waals surface area contributed by atoms with Gasteiger partial charge in [0.2, 0.25) is 5.51 Å². The summed E-state index contributed by atoms with van der Waals surface area (Å²) in [6, 6.07) is 10.3. The molecule has 2 aromatic carbocycles. The minimum Gasteiger partial charge on any atom is -0.736 e. The summed E-state index contributed by atoms with van der Waals surface area (Å²) in [5.41, 5.74) is 3.08. The highest BCUT2D eigenvalue weighted by atomic mass is 32.1. The molecule has 3 rings (SSSR count). The number of thiazole rings is 1. The van der Waals surface area contributed by atoms with Gasteiger partial charge in [0.05, 0.1) is 5.38 Å². The third-order valence-corrected chi connectivity index (χ3v) is 10.9. The van der Waals surface area contributed by atoms with Crippen molar-refractivity contribution in [1.82, 2.24) is 5.32 Å². The summed E-state index contributed by atoms with van der Waals surface area (Å²) in [6.07, 6.45) is 22.2. The number of phosphoric ester groups is 1. The van der Waals surface area contributed by atoms with E-state index in [0.717, 1.165) is 18.4 Å². The molecule has 3 aromatic rings. The van der Waals surface area contributed by atoms with Crippen LogP contribution in [0.5, 0.6) is 17.2 Å². The molecular formula is C43H67N2O6PS. The quantitative estimate of drug-likeness (QED) is 0.0553. The maximum atomic E-state index is 13.3. The molecule has 1 N–H and O–H groups in total. The van der Waals surface area contributed by atoms with Crippen LogP contribution in [0.1, 0.15) is 168 Å². The zero-order valence-electron chi connectivity index (χ0n) is 33.7. The van der Waals surface area contributed by atoms with E-state index in [4.69, 9.17) is 13.8 Å². The van der Waals surface area contributed by atoms with Gasteiger partial charge in [0.1, 0.15) is 17.2 Å². The summed E-state index contributed by atoms with van der Waals surface area (Å²) in [7, 11) is -4.86. The van der Waals surface area contributed by atoms with Crippen molar-refractivity contribution < 1.29 is 32.6 Å². The molecule has 1 amide bonds. The van der Waals surface area contributed by atoms with Crippen LogP contribution in [0.3, 0.4) is 0 Å². The number of hydrogen-bond acceptors (Lipinski definition) is 7. The van der Waals surface area contributed by atoms with Gasteiger partial charge in [-0.05, 0) is 41.5 Å². The Balaban J connectivity index is 1.49. The molecule has 0 radical (unpaired) electrons. The molecule has 1 heterocycles. The van der Waals surface area contributed by atoms with Crippen molar-refractivity contribution in [3.63, 3.8) is 0 Å². The van der Waals surface area contributed by atoms with E-state index in [1.807, 2.05) is 69.3 Å². The summed E-state index contributed by atoms with van der Waals surface area (Å²) in [4.78, 5) is 26.3. The predicted molar refractivity (Wildman–Crippen MR) is 216 cm³/mol. The third kappa shape index (κ3) is 17.4. The molecule has 1 unspecified atom stereocenters. The molecule has 8 nitrogen and oxygen atoms in total. The SMILES string of the molecule is CCCCCCCCCCCCCCCCCCNC(=O)Oc1cc(C(C)(C)C)c(OP(=O)([O-])Oc2cccc(C[n+]3ccsc3)c2)cc1C(C)(C)C. The molecule has 10 heteroatoms. The summed E-state index contributed by atoms with van der Waals surface area (Å²) in [5, 5.41) is 4.88. The Morgan fingerprint density at radius 1 is 0.755 bits per heavy atom. The highest BCUT2D eigenvalue weighted by molar-refractivity contribution is 7.46. The number of unbranched alkanes of at least 4 members (excludes halogenated alkanes) is 15. The van der Waals surface area contributed by atoms with Gasteiger partial charge in [-0.25, -0.2) is 9.36 Å². The topological polar surface area (TPSA) is 101 Å². The van der Waals surface area contributed by atoms with Gasteiger partial charge < -0.3 is 24.0 Å². The number of carbonyl (C=O) groups excluding carboxylic acids is 1. The van der Waals surface area contributed by atoms with Crippen LogP contribution in [0.2, 0.25) is 0 Å². The van der Waals surface area contributed by atoms with Crippen LogP contribution in [0.15, 0.2) is 53.5 Å². The highest BCUT2D eigenvalue weighted by Crippen LogP contribution is 2.47. The van der Waals surface area contributed by atoms with Crippen LogP contribution in [0, 0.1) is 0 Å². The normalized spacial score (nSPS) is 13.1. The number of amides is 1. The lowest BCUT2D eigenvalue weighted by Crippen LogP contribution is -2.30. The molecule has 0 aliphatic carbocycles. The molecule has 1 aromatic heterocycles. The number of nitrogens with one attached hydrogen (secondary N) is 1. The van der Waals surface area contributed by atoms with Crippen LogP contribution < -0.4 is 28.6 Å². The van der Waals surface area contributed by atoms with Crippen molar-refractivity contribution in [1.29, 1.82) is 0 Å². The summed E-state index contributed by atoms with van der Waals surface area (Å²) in [5.74, 6) is 0.692. The summed E-state index contributed by atoms with van der Waals surface area (Å²) in [6.45, 7) is 15.2. The van der Waals surface area contributed by atoms with E-state index < -0.39 is 24.7 Å². The summed E-state index contributed by atoms with van der Waals surface area (Å²) < 4.78 is 32.4. The van der Waals surface area contributed by atoms with E-state index in [1.54, 1.807) is 41.7 Å². The first kappa shape index (κ1) is 44.5. The number of hydrogen-bond donors (Lipinski definition) is 1. The molecule has 0 saturated carbocycles. The molecule has 1 atom stereocenters. The molecule has 0 aliphatic heterocycles. The molecule has 53 heavy (non-hydrogen) atoms. The third-order valence-electron chi connectivity index (χ3n) is 9.42. The maximum absolute atomic E-state index is 13.3. The van der Waals surface area contributed by atoms with Gasteiger partial charge in [-0.15, -0.1) is 0 Å². The van der Waals surface area contributed by atoms with Crippen LogP contribution in [0.4, 0.5) is 4.79 Å². The van der Waals surface area contributed by atoms with Gasteiger partial charge in [-0.2, -0.15) is 4.57 Å². The van der Waals surface area contributed by atoms with E-state index >= 15 is 0 Å². The Kier molecular flexibility index (Phi) is 18.9. The summed E-state index contributed by atoms with van der Waals surface area (Å²) >= 11 is 1.58. The Bertz CT molecular complexity index is 1550. The number of rotatable bonds is 24. The number of nitrogens with zero attached hydrogens (tertiary/aromatic N) is 1. The number of phosphoric acid groups is 1. The molecule has 296 valence electrons. The molecule has 0 fully saturated rings. The standard InChI is InChI=1S/C43H67N2O6PS/c1-8-9-10-11-12-13-14-15-16-17-18-19-20-21-22-23-27-44-41(46)49-39-31-38(43(5,6)7)40(32-37(39)42(2,3)4)51-52(47,48)50-36-26-24-25-35(30-36)33-45-28-29-53-34-45/h24-26,28-32,34H,8-23,27,33H2,1-7H3,(H-,44,46,47,48). The second-order valence-electron chi connectivity index (χ2n) is 16.4. The molecule has 0 saturated heterocycles. The second-order valence-corrected chi connectivity index (χ2v) is 18.5. The first-order chi connectivity index (χ1) is 25.2. The number of ether oxygens (including phenoxy) is 1. The van der Waals surface area contributed by atoms with Crippen molar-refractivity contribution >= 4 is 25.3 Å². The molecule has 0 aliphatic rings. The molecular weight excluding hydrogens is 704 g/mol. The van der Waals surface area contributed by atoms with Crippen LogP contribution in [0.25, 0.3) is 0 Å². The minimum absolute atomic E-state index is 0.145. The fourth-order valence-electron chi connectivity index (χ4n) is 6.42. The van der Waals surface area contributed by atoms with E-state index in [9.17, 15) is 14.3 Å². The number of carbonyl (C=O) groups is 1. The lowest BCUT2D eigenvalue weighted by molar-refractivity contribution is -0.683. The van der Waals surface area contributed by atoms with E-state index in [2.05, 4.69) is 12.2 Å². The van der Waals surface area contributed by atoms with Crippen molar-refractivity contribution in [2.24, 2.45) is 0 Å². The fraction of sp³-hybridized carbons (Fsp3) is 0.628. The first-order valence-electron chi connectivity index (χ1n) is 20.0. The lowest BCUT2D eigenvalue weighted by Gasteiger charge is -2.31. The van der Waals surface area contributed by atoms with E-state index in [0.29, 0.717) is 30.0 Å². The molecule has 0 spiro atoms. The zero-order chi connectivity index (χ0) is 38.7. The highest BCUT2D eigenvalue weighted by Gasteiger charge is 2.30. The average molecular weight is 771 g/mol. The van der Waals surface area contributed by atoms with E-state index in [1.165, 1.54) is 89.9 Å². The Morgan fingerprint density at radius 3 is 1.81 bits per heavy atom. The van der Waals surface area contributed by atoms with Crippen molar-refractivity contribution in [3.8, 4) is 17.2 Å². The number of aromatic nitrogens is 1. The largest absolute Gasteiger partial charge is 0.736 e. The Morgan fingerprint density at radius 2 is 1.28 bits per heavy atom. The van der Waals surface area contributed by atoms with Crippen LogP contribution >= 0.6 is 19.2 Å². The average Bonchev–Trinajstić information content (AvgIpc) is 3.58. The Labute approximate surface area is 324 Å². The number of benzene rings is 2. The maximum Gasteiger partial charge on any atom is 0.412 e. The lowest BCUT2D eigenvalue weighted by atomic mass is 9.81. The minimum atomic E-state index is -4.86. The smallest absolute Gasteiger partial charge is 0.412 e. The van der Waals surface area contributed by atoms with Gasteiger partial charge in [0.25, 0.3) is 0 Å². The Hall–Kier alpha value is -2.87. The fourth-order valence-corrected chi connectivity index (χ4v) is 7.82. The zero-order valence-corrected chi connectivity index (χ0v) is 35.4. The van der Waals surface area contributed by atoms with Gasteiger partial charge >= 0.3 is 13.9 Å². The van der Waals surface area contributed by atoms with Crippen molar-refractivity contribution in [2.75, 3.05) is 6.54 Å². The van der Waals surface area contributed by atoms with Gasteiger partial charge in [-0.1, -0.05) is 168 Å². The van der Waals surface area contributed by atoms with Crippen molar-refractivity contribution in [2.45, 2.75) is 169 Å². The van der Waals surface area contributed by atoms with Gasteiger partial charge in [0.15, 0.2) is 12.7 Å².